The van der Waals surface area contributed by atoms with Gasteiger partial charge in [-0.2, -0.15) is 0 Å². The predicted molar refractivity (Wildman–Crippen MR) is 94.5 cm³/mol. The molecule has 1 aliphatic heterocycles. The van der Waals surface area contributed by atoms with E-state index >= 15 is 0 Å². The quantitative estimate of drug-likeness (QED) is 0.889. The van der Waals surface area contributed by atoms with E-state index in [1.807, 2.05) is 12.1 Å². The maximum atomic E-state index is 12.4. The van der Waals surface area contributed by atoms with Gasteiger partial charge in [-0.1, -0.05) is 23.7 Å². The van der Waals surface area contributed by atoms with Crippen LogP contribution in [0, 0.1) is 5.92 Å². The Labute approximate surface area is 150 Å². The number of pyridine rings is 1. The van der Waals surface area contributed by atoms with E-state index in [0.717, 1.165) is 5.56 Å². The molecule has 25 heavy (non-hydrogen) atoms. The molecule has 2 heterocycles. The number of nitrogens with one attached hydrogen (secondary N) is 1. The summed E-state index contributed by atoms with van der Waals surface area (Å²) < 4.78 is 5.17. The van der Waals surface area contributed by atoms with Gasteiger partial charge >= 0.3 is 0 Å². The molecular weight excluding hydrogens is 342 g/mol. The average molecular weight is 360 g/mol. The molecule has 6 nitrogen and oxygen atoms in total. The fraction of sp³-hybridized carbons (Fsp3) is 0.278. The topological polar surface area (TPSA) is 71.5 Å². The van der Waals surface area contributed by atoms with Crippen LogP contribution in [0.5, 0.6) is 5.88 Å². The molecule has 1 atom stereocenters. The Balaban J connectivity index is 1.63. The summed E-state index contributed by atoms with van der Waals surface area (Å²) >= 11 is 5.98. The number of carbonyl (C=O) groups is 2. The number of hydrogen-bond donors (Lipinski definition) is 1. The maximum Gasteiger partial charge on any atom is 0.227 e. The molecule has 1 aromatic carbocycles. The SMILES string of the molecule is COc1ncccc1CNC(=O)[C@@H]1CC(=O)N(c2cccc(Cl)c2)C1. The van der Waals surface area contributed by atoms with Crippen molar-refractivity contribution in [3.63, 3.8) is 0 Å². The molecule has 7 heteroatoms. The molecule has 1 aliphatic rings. The molecule has 0 spiro atoms. The number of aromatic nitrogens is 1. The fourth-order valence-corrected chi connectivity index (χ4v) is 3.03. The summed E-state index contributed by atoms with van der Waals surface area (Å²) in [5.41, 5.74) is 1.50. The normalized spacial score (nSPS) is 16.8. The number of benzene rings is 1. The van der Waals surface area contributed by atoms with Crippen LogP contribution in [-0.4, -0.2) is 30.5 Å². The highest BCUT2D eigenvalue weighted by molar-refractivity contribution is 6.30. The lowest BCUT2D eigenvalue weighted by atomic mass is 10.1. The first-order valence-electron chi connectivity index (χ1n) is 7.90. The third kappa shape index (κ3) is 3.91. The second-order valence-corrected chi connectivity index (χ2v) is 6.21. The van der Waals surface area contributed by atoms with Gasteiger partial charge in [0, 0.05) is 42.0 Å². The largest absolute Gasteiger partial charge is 0.481 e. The van der Waals surface area contributed by atoms with Crippen molar-refractivity contribution in [2.75, 3.05) is 18.6 Å². The summed E-state index contributed by atoms with van der Waals surface area (Å²) in [7, 11) is 1.53. The van der Waals surface area contributed by atoms with Crippen LogP contribution in [0.4, 0.5) is 5.69 Å². The van der Waals surface area contributed by atoms with Crippen LogP contribution in [0.1, 0.15) is 12.0 Å². The van der Waals surface area contributed by atoms with E-state index in [1.54, 1.807) is 35.4 Å². The van der Waals surface area contributed by atoms with Crippen molar-refractivity contribution in [3.05, 3.63) is 53.2 Å². The number of ether oxygens (including phenoxy) is 1. The van der Waals surface area contributed by atoms with Crippen LogP contribution in [0.2, 0.25) is 5.02 Å². The average Bonchev–Trinajstić information content (AvgIpc) is 3.02. The van der Waals surface area contributed by atoms with Gasteiger partial charge in [-0.3, -0.25) is 9.59 Å². The molecule has 2 amide bonds. The van der Waals surface area contributed by atoms with Gasteiger partial charge in [-0.15, -0.1) is 0 Å². The van der Waals surface area contributed by atoms with Gasteiger partial charge in [-0.25, -0.2) is 4.98 Å². The fourth-order valence-electron chi connectivity index (χ4n) is 2.85. The number of carbonyl (C=O) groups excluding carboxylic acids is 2. The first kappa shape index (κ1) is 17.2. The van der Waals surface area contributed by atoms with Crippen molar-refractivity contribution in [1.82, 2.24) is 10.3 Å². The zero-order valence-electron chi connectivity index (χ0n) is 13.7. The third-order valence-corrected chi connectivity index (χ3v) is 4.35. The highest BCUT2D eigenvalue weighted by atomic mass is 35.5. The summed E-state index contributed by atoms with van der Waals surface area (Å²) in [6.07, 6.45) is 1.81. The Hall–Kier alpha value is -2.60. The maximum absolute atomic E-state index is 12.4. The van der Waals surface area contributed by atoms with Gasteiger partial charge in [0.05, 0.1) is 13.0 Å². The third-order valence-electron chi connectivity index (χ3n) is 4.11. The summed E-state index contributed by atoms with van der Waals surface area (Å²) in [6, 6.07) is 10.7. The lowest BCUT2D eigenvalue weighted by Crippen LogP contribution is -2.32. The Bertz CT molecular complexity index is 797. The summed E-state index contributed by atoms with van der Waals surface area (Å²) in [6.45, 7) is 0.646. The van der Waals surface area contributed by atoms with Gasteiger partial charge in [0.25, 0.3) is 0 Å². The summed E-state index contributed by atoms with van der Waals surface area (Å²) in [5, 5.41) is 3.41. The minimum atomic E-state index is -0.394. The molecule has 1 aromatic heterocycles. The smallest absolute Gasteiger partial charge is 0.227 e. The molecule has 1 fully saturated rings. The van der Waals surface area contributed by atoms with Gasteiger partial charge < -0.3 is 15.0 Å². The zero-order valence-corrected chi connectivity index (χ0v) is 14.5. The van der Waals surface area contributed by atoms with Crippen molar-refractivity contribution in [2.45, 2.75) is 13.0 Å². The van der Waals surface area contributed by atoms with Crippen molar-refractivity contribution in [1.29, 1.82) is 0 Å². The molecule has 1 saturated heterocycles. The van der Waals surface area contributed by atoms with Gasteiger partial charge in [0.2, 0.25) is 17.7 Å². The molecule has 3 rings (SSSR count). The first-order valence-corrected chi connectivity index (χ1v) is 8.28. The first-order chi connectivity index (χ1) is 12.1. The Morgan fingerprint density at radius 2 is 2.24 bits per heavy atom. The van der Waals surface area contributed by atoms with Crippen molar-refractivity contribution >= 4 is 29.1 Å². The molecule has 0 saturated carbocycles. The number of hydrogen-bond acceptors (Lipinski definition) is 4. The standard InChI is InChI=1S/C18H18ClN3O3/c1-25-18-12(4-3-7-20-18)10-21-17(24)13-8-16(23)22(11-13)15-6-2-5-14(19)9-15/h2-7,9,13H,8,10-11H2,1H3,(H,21,24)/t13-/m1/s1. The van der Waals surface area contributed by atoms with Crippen LogP contribution in [0.3, 0.4) is 0 Å². The lowest BCUT2D eigenvalue weighted by Gasteiger charge is -2.17. The number of nitrogens with zero attached hydrogens (tertiary/aromatic N) is 2. The predicted octanol–water partition coefficient (Wildman–Crippen LogP) is 2.41. The Kier molecular flexibility index (Phi) is 5.19. The minimum Gasteiger partial charge on any atom is -0.481 e. The highest BCUT2D eigenvalue weighted by Gasteiger charge is 2.35. The van der Waals surface area contributed by atoms with Crippen LogP contribution >= 0.6 is 11.6 Å². The van der Waals surface area contributed by atoms with E-state index < -0.39 is 5.92 Å². The molecule has 2 aromatic rings. The van der Waals surface area contributed by atoms with E-state index in [0.29, 0.717) is 29.7 Å². The van der Waals surface area contributed by atoms with E-state index in [4.69, 9.17) is 16.3 Å². The molecule has 0 aliphatic carbocycles. The lowest BCUT2D eigenvalue weighted by molar-refractivity contribution is -0.126. The van der Waals surface area contributed by atoms with Gasteiger partial charge in [0.15, 0.2) is 0 Å². The Morgan fingerprint density at radius 1 is 1.40 bits per heavy atom. The second kappa shape index (κ2) is 7.53. The molecule has 0 radical (unpaired) electrons. The van der Waals surface area contributed by atoms with Crippen molar-refractivity contribution in [2.24, 2.45) is 5.92 Å². The monoisotopic (exact) mass is 359 g/mol. The van der Waals surface area contributed by atoms with E-state index in [1.165, 1.54) is 7.11 Å². The molecule has 0 bridgehead atoms. The zero-order chi connectivity index (χ0) is 17.8. The van der Waals surface area contributed by atoms with Crippen LogP contribution < -0.4 is 15.0 Å². The van der Waals surface area contributed by atoms with E-state index in [2.05, 4.69) is 10.3 Å². The second-order valence-electron chi connectivity index (χ2n) is 5.77. The number of rotatable bonds is 5. The van der Waals surface area contributed by atoms with Crippen LogP contribution in [0.25, 0.3) is 0 Å². The molecular formula is C18H18ClN3O3. The molecule has 1 N–H and O–H groups in total. The van der Waals surface area contributed by atoms with Gasteiger partial charge in [0.1, 0.15) is 0 Å². The van der Waals surface area contributed by atoms with E-state index in [-0.39, 0.29) is 18.2 Å². The molecule has 130 valence electrons. The number of halogens is 1. The van der Waals surface area contributed by atoms with Crippen molar-refractivity contribution < 1.29 is 14.3 Å². The van der Waals surface area contributed by atoms with Crippen LogP contribution in [-0.2, 0) is 16.1 Å². The molecule has 0 unspecified atom stereocenters. The summed E-state index contributed by atoms with van der Waals surface area (Å²) in [5.74, 6) is -0.162. The number of amides is 2. The van der Waals surface area contributed by atoms with Crippen LogP contribution in [0.15, 0.2) is 42.6 Å². The van der Waals surface area contributed by atoms with Gasteiger partial charge in [-0.05, 0) is 24.3 Å². The Morgan fingerprint density at radius 3 is 3.00 bits per heavy atom. The minimum absolute atomic E-state index is 0.0821. The number of methoxy groups -OCH3 is 1. The summed E-state index contributed by atoms with van der Waals surface area (Å²) in [4.78, 5) is 30.4. The van der Waals surface area contributed by atoms with E-state index in [9.17, 15) is 9.59 Å². The van der Waals surface area contributed by atoms with Crippen molar-refractivity contribution in [3.8, 4) is 5.88 Å². The highest BCUT2D eigenvalue weighted by Crippen LogP contribution is 2.27. The number of anilines is 1.